The largest absolute Gasteiger partial charge is 0.398 e. The van der Waals surface area contributed by atoms with Crippen molar-refractivity contribution in [3.05, 3.63) is 184 Å². The third kappa shape index (κ3) is 14.5. The van der Waals surface area contributed by atoms with Gasteiger partial charge in [-0.15, -0.1) is 0 Å². The summed E-state index contributed by atoms with van der Waals surface area (Å²) in [5.74, 6) is 0.239. The van der Waals surface area contributed by atoms with Crippen LogP contribution in [0.5, 0.6) is 0 Å². The smallest absolute Gasteiger partial charge is 0.259 e. The summed E-state index contributed by atoms with van der Waals surface area (Å²) in [6.45, 7) is 1.56. The number of nitrogens with one attached hydrogen (secondary N) is 2. The Labute approximate surface area is 325 Å². The van der Waals surface area contributed by atoms with Crippen molar-refractivity contribution in [3.63, 3.8) is 0 Å². The molecule has 6 N–H and O–H groups in total. The molecule has 0 saturated heterocycles. The highest BCUT2D eigenvalue weighted by Gasteiger charge is 2.04. The fourth-order valence-corrected chi connectivity index (χ4v) is 4.61. The van der Waals surface area contributed by atoms with Crippen LogP contribution >= 0.6 is 0 Å². The Morgan fingerprint density at radius 2 is 1.25 bits per heavy atom. The second-order valence-electron chi connectivity index (χ2n) is 12.3. The van der Waals surface area contributed by atoms with Crippen molar-refractivity contribution in [1.29, 1.82) is 0 Å². The maximum absolute atomic E-state index is 11.9. The molecule has 0 spiro atoms. The summed E-state index contributed by atoms with van der Waals surface area (Å²) < 4.78 is 2.00. The lowest BCUT2D eigenvalue weighted by atomic mass is 10.2. The van der Waals surface area contributed by atoms with Gasteiger partial charge in [-0.25, -0.2) is 14.5 Å². The molecule has 0 radical (unpaired) electrons. The number of ketones is 1. The summed E-state index contributed by atoms with van der Waals surface area (Å²) in [5.41, 5.74) is 14.2. The van der Waals surface area contributed by atoms with E-state index in [0.717, 1.165) is 22.2 Å². The van der Waals surface area contributed by atoms with Crippen LogP contribution in [-0.2, 0) is 0 Å². The molecule has 0 aliphatic heterocycles. The van der Waals surface area contributed by atoms with E-state index in [1.165, 1.54) is 6.33 Å². The van der Waals surface area contributed by atoms with Gasteiger partial charge in [-0.2, -0.15) is 0 Å². The molecule has 56 heavy (non-hydrogen) atoms. The molecule has 0 bridgehead atoms. The van der Waals surface area contributed by atoms with Gasteiger partial charge in [-0.1, -0.05) is 97.1 Å². The van der Waals surface area contributed by atoms with Crippen LogP contribution in [0.3, 0.4) is 0 Å². The van der Waals surface area contributed by atoms with Crippen molar-refractivity contribution >= 4 is 45.4 Å². The summed E-state index contributed by atoms with van der Waals surface area (Å²) in [7, 11) is 8.00. The van der Waals surface area contributed by atoms with Crippen molar-refractivity contribution in [2.45, 2.75) is 6.92 Å². The molecule has 2 heterocycles. The molecule has 0 atom stereocenters. The molecule has 0 aliphatic rings. The van der Waals surface area contributed by atoms with Crippen molar-refractivity contribution in [2.24, 2.45) is 5.73 Å². The topological polar surface area (TPSA) is 184 Å². The van der Waals surface area contributed by atoms with Crippen LogP contribution in [0.15, 0.2) is 162 Å². The molecule has 286 valence electrons. The number of aromatic nitrogens is 4. The molecule has 0 aliphatic carbocycles. The number of anilines is 1. The standard InChI is InChI=1S/C14H10N2O.C8H6N2O.C8H8O.C7H8N2O.C7H15N2/c17-14-11-8-4-5-9-12(11)15-13(16-14)10-6-2-1-3-7-10;11-8-6-3-1-2-4-7(6)9-5-10-8;1-7(9)8-5-3-2-4-6-8;8-6-4-2-1-3-5(6)7(9)10;1-8(2)6-5-7-9(3)4/h1-9H,(H,15,16,17);1-5H,(H,9,10,11);2-6H,1H3;1-4H,8H2,(H2,9,10);5-7H,1-4H3/q;;;;+1. The van der Waals surface area contributed by atoms with Gasteiger partial charge in [0.05, 0.1) is 33.7 Å². The van der Waals surface area contributed by atoms with E-state index in [0.29, 0.717) is 27.8 Å². The van der Waals surface area contributed by atoms with E-state index in [1.54, 1.807) is 43.3 Å². The number of para-hydroxylation sites is 3. The van der Waals surface area contributed by atoms with Gasteiger partial charge in [0.1, 0.15) is 19.9 Å². The third-order valence-electron chi connectivity index (χ3n) is 7.38. The first-order valence-corrected chi connectivity index (χ1v) is 17.4. The number of aromatic amines is 2. The molecule has 7 aromatic rings. The first-order chi connectivity index (χ1) is 26.9. The zero-order chi connectivity index (χ0) is 40.9. The van der Waals surface area contributed by atoms with Crippen LogP contribution in [0.4, 0.5) is 5.69 Å². The number of nitrogen functional groups attached to an aromatic ring is 1. The number of hydrogen-bond acceptors (Lipinski definition) is 8. The zero-order valence-electron chi connectivity index (χ0n) is 32.1. The number of allylic oxidation sites excluding steroid dienone is 1. The highest BCUT2D eigenvalue weighted by Crippen LogP contribution is 2.15. The predicted molar refractivity (Wildman–Crippen MR) is 227 cm³/mol. The zero-order valence-corrected chi connectivity index (χ0v) is 32.1. The second-order valence-corrected chi connectivity index (χ2v) is 12.3. The maximum atomic E-state index is 11.9. The molecule has 12 heteroatoms. The number of carbonyl (C=O) groups is 2. The minimum Gasteiger partial charge on any atom is -0.398 e. The Hall–Kier alpha value is -7.47. The molecule has 7 rings (SSSR count). The fraction of sp³-hybridized carbons (Fsp3) is 0.114. The van der Waals surface area contributed by atoms with E-state index in [1.807, 2.05) is 153 Å². The van der Waals surface area contributed by atoms with Crippen LogP contribution in [0.2, 0.25) is 0 Å². The highest BCUT2D eigenvalue weighted by atomic mass is 16.1. The van der Waals surface area contributed by atoms with Gasteiger partial charge in [-0.3, -0.25) is 19.2 Å². The van der Waals surface area contributed by atoms with Crippen molar-refractivity contribution in [1.82, 2.24) is 24.8 Å². The Balaban J connectivity index is 0.000000193. The molecule has 1 amide bonds. The lowest BCUT2D eigenvalue weighted by Crippen LogP contribution is -2.12. The van der Waals surface area contributed by atoms with Gasteiger partial charge in [-0.05, 0) is 43.3 Å². The van der Waals surface area contributed by atoms with E-state index in [4.69, 9.17) is 11.5 Å². The van der Waals surface area contributed by atoms with Gasteiger partial charge >= 0.3 is 0 Å². The number of benzene rings is 5. The Morgan fingerprint density at radius 1 is 0.714 bits per heavy atom. The summed E-state index contributed by atoms with van der Waals surface area (Å²) in [6.07, 6.45) is 7.41. The number of H-pyrrole nitrogens is 2. The van der Waals surface area contributed by atoms with E-state index < -0.39 is 5.91 Å². The minimum atomic E-state index is -0.488. The van der Waals surface area contributed by atoms with Crippen LogP contribution in [0.25, 0.3) is 33.2 Å². The Bertz CT molecular complexity index is 2480. The monoisotopic (exact) mass is 751 g/mol. The van der Waals surface area contributed by atoms with Crippen molar-refractivity contribution < 1.29 is 14.2 Å². The first kappa shape index (κ1) is 42.9. The lowest BCUT2D eigenvalue weighted by Gasteiger charge is -2.02. The molecular formula is C44H47N8O4+. The summed E-state index contributed by atoms with van der Waals surface area (Å²) >= 11 is 0. The number of rotatable bonds is 5. The van der Waals surface area contributed by atoms with Crippen LogP contribution in [0, 0.1) is 0 Å². The first-order valence-electron chi connectivity index (χ1n) is 17.4. The average molecular weight is 752 g/mol. The molecule has 5 aromatic carbocycles. The van der Waals surface area contributed by atoms with Crippen LogP contribution in [0.1, 0.15) is 27.6 Å². The average Bonchev–Trinajstić information content (AvgIpc) is 3.20. The van der Waals surface area contributed by atoms with Crippen molar-refractivity contribution in [2.75, 3.05) is 33.9 Å². The molecule has 0 fully saturated rings. The van der Waals surface area contributed by atoms with Gasteiger partial charge in [0, 0.05) is 43.2 Å². The summed E-state index contributed by atoms with van der Waals surface area (Å²) in [6, 6.07) is 40.1. The Kier molecular flexibility index (Phi) is 17.3. The SMILES string of the molecule is CC(=O)c1ccccc1.CN(C)/C=C/C=[N+](C)C.NC(=O)c1ccccc1N.O=c1[nH]c(-c2ccccc2)nc2ccccc12.O=c1[nH]cnc2ccccc12. The number of carbonyl (C=O) groups excluding carboxylic acids is 2. The quantitative estimate of drug-likeness (QED) is 0.0696. The van der Waals surface area contributed by atoms with Crippen molar-refractivity contribution in [3.8, 4) is 11.4 Å². The number of hydrogen-bond donors (Lipinski definition) is 4. The van der Waals surface area contributed by atoms with Gasteiger partial charge in [0.15, 0.2) is 12.0 Å². The van der Waals surface area contributed by atoms with Gasteiger partial charge in [0.2, 0.25) is 0 Å². The summed E-state index contributed by atoms with van der Waals surface area (Å²) in [5, 5.41) is 1.25. The van der Waals surface area contributed by atoms with E-state index in [9.17, 15) is 19.2 Å². The van der Waals surface area contributed by atoms with E-state index >= 15 is 0 Å². The predicted octanol–water partition coefficient (Wildman–Crippen LogP) is 6.17. The lowest BCUT2D eigenvalue weighted by molar-refractivity contribution is -0.458. The number of Topliss-reactive ketones (excluding diaryl/α,β-unsaturated/α-hetero) is 1. The number of nitrogens with zero attached hydrogens (tertiary/aromatic N) is 4. The number of amides is 1. The molecule has 0 saturated carbocycles. The number of nitrogens with two attached hydrogens (primary N) is 2. The maximum Gasteiger partial charge on any atom is 0.259 e. The van der Waals surface area contributed by atoms with Crippen LogP contribution in [-0.4, -0.2) is 75.5 Å². The molecular weight excluding hydrogens is 705 g/mol. The second kappa shape index (κ2) is 22.6. The van der Waals surface area contributed by atoms with Crippen LogP contribution < -0.4 is 22.6 Å². The number of primary amides is 1. The molecule has 2 aromatic heterocycles. The van der Waals surface area contributed by atoms with Gasteiger partial charge in [0.25, 0.3) is 17.0 Å². The molecule has 12 nitrogen and oxygen atoms in total. The number of fused-ring (bicyclic) bond motifs is 2. The summed E-state index contributed by atoms with van der Waals surface area (Å²) in [4.78, 5) is 59.9. The minimum absolute atomic E-state index is 0.0874. The molecule has 0 unspecified atom stereocenters. The van der Waals surface area contributed by atoms with Gasteiger partial charge < -0.3 is 26.3 Å². The van der Waals surface area contributed by atoms with E-state index in [-0.39, 0.29) is 16.9 Å². The van der Waals surface area contributed by atoms with E-state index in [2.05, 4.69) is 19.9 Å². The fourth-order valence-electron chi connectivity index (χ4n) is 4.61. The highest BCUT2D eigenvalue weighted by molar-refractivity contribution is 5.97. The third-order valence-corrected chi connectivity index (χ3v) is 7.38. The normalized spacial score (nSPS) is 9.88. The Morgan fingerprint density at radius 3 is 1.77 bits per heavy atom.